The zero-order chi connectivity index (χ0) is 34.7. The van der Waals surface area contributed by atoms with Crippen molar-refractivity contribution in [3.05, 3.63) is 70.8 Å². The average molecular weight is 667 g/mol. The maximum absolute atomic E-state index is 11.8. The largest absolute Gasteiger partial charge is 0.468 e. The normalized spacial score (nSPS) is 23.5. The SMILES string of the molecule is COCCCCCCCc1ccc([C@H]2CC[C@](N)(C(=O)OC)C2)cc1.COCCCCCCCc1ccc([C@H]2CC[C@](N)(CO)C2)cc1. The second-order valence-corrected chi connectivity index (χ2v) is 14.6. The van der Waals surface area contributed by atoms with Gasteiger partial charge in [-0.3, -0.25) is 4.79 Å². The lowest BCUT2D eigenvalue weighted by Crippen LogP contribution is -2.46. The van der Waals surface area contributed by atoms with Crippen LogP contribution in [0, 0.1) is 0 Å². The molecule has 4 atom stereocenters. The Morgan fingerprint density at radius 3 is 1.54 bits per heavy atom. The minimum Gasteiger partial charge on any atom is -0.468 e. The van der Waals surface area contributed by atoms with E-state index in [1.165, 1.54) is 100.0 Å². The Morgan fingerprint density at radius 1 is 0.667 bits per heavy atom. The summed E-state index contributed by atoms with van der Waals surface area (Å²) in [5.74, 6) is 0.595. The first-order valence-corrected chi connectivity index (χ1v) is 18.7. The monoisotopic (exact) mass is 666 g/mol. The van der Waals surface area contributed by atoms with Gasteiger partial charge in [-0.2, -0.15) is 0 Å². The Labute approximate surface area is 291 Å². The Hall–Kier alpha value is -2.29. The van der Waals surface area contributed by atoms with Gasteiger partial charge in [0.25, 0.3) is 0 Å². The van der Waals surface area contributed by atoms with Crippen molar-refractivity contribution in [3.63, 3.8) is 0 Å². The van der Waals surface area contributed by atoms with E-state index in [1.807, 2.05) is 0 Å². The van der Waals surface area contributed by atoms with Gasteiger partial charge in [-0.15, -0.1) is 0 Å². The summed E-state index contributed by atoms with van der Waals surface area (Å²) in [5.41, 5.74) is 16.7. The van der Waals surface area contributed by atoms with E-state index >= 15 is 0 Å². The summed E-state index contributed by atoms with van der Waals surface area (Å²) in [7, 11) is 4.95. The van der Waals surface area contributed by atoms with Gasteiger partial charge in [0, 0.05) is 33.0 Å². The van der Waals surface area contributed by atoms with Crippen LogP contribution in [-0.4, -0.2) is 63.3 Å². The van der Waals surface area contributed by atoms with Crippen LogP contribution in [0.4, 0.5) is 0 Å². The average Bonchev–Trinajstić information content (AvgIpc) is 3.72. The van der Waals surface area contributed by atoms with Crippen LogP contribution in [0.3, 0.4) is 0 Å². The molecule has 2 aromatic rings. The smallest absolute Gasteiger partial charge is 0.325 e. The Balaban J connectivity index is 0.000000261. The van der Waals surface area contributed by atoms with Gasteiger partial charge in [-0.05, 0) is 111 Å². The molecule has 7 heteroatoms. The molecule has 0 amide bonds. The lowest BCUT2D eigenvalue weighted by Gasteiger charge is -2.21. The molecule has 0 heterocycles. The predicted molar refractivity (Wildman–Crippen MR) is 196 cm³/mol. The molecule has 2 saturated carbocycles. The number of carbonyl (C=O) groups excluding carboxylic acids is 1. The molecule has 4 rings (SSSR count). The molecular weight excluding hydrogens is 600 g/mol. The second-order valence-electron chi connectivity index (χ2n) is 14.6. The second kappa shape index (κ2) is 21.7. The molecule has 2 aromatic carbocycles. The van der Waals surface area contributed by atoms with Crippen LogP contribution in [0.25, 0.3) is 0 Å². The maximum Gasteiger partial charge on any atom is 0.325 e. The maximum atomic E-state index is 11.8. The van der Waals surface area contributed by atoms with Crippen molar-refractivity contribution in [2.45, 2.75) is 138 Å². The van der Waals surface area contributed by atoms with Crippen LogP contribution in [0.2, 0.25) is 0 Å². The lowest BCUT2D eigenvalue weighted by molar-refractivity contribution is -0.146. The Morgan fingerprint density at radius 2 is 1.10 bits per heavy atom. The number of unbranched alkanes of at least 4 members (excludes halogenated alkanes) is 8. The molecular formula is C41H66N2O5. The summed E-state index contributed by atoms with van der Waals surface area (Å²) in [5, 5.41) is 9.39. The van der Waals surface area contributed by atoms with E-state index in [9.17, 15) is 9.90 Å². The van der Waals surface area contributed by atoms with Gasteiger partial charge in [0.1, 0.15) is 5.54 Å². The number of hydrogen-bond donors (Lipinski definition) is 3. The highest BCUT2D eigenvalue weighted by Gasteiger charge is 2.43. The summed E-state index contributed by atoms with van der Waals surface area (Å²) in [6, 6.07) is 18.0. The van der Waals surface area contributed by atoms with E-state index in [-0.39, 0.29) is 18.1 Å². The number of rotatable bonds is 20. The van der Waals surface area contributed by atoms with E-state index in [1.54, 1.807) is 14.2 Å². The number of esters is 1. The van der Waals surface area contributed by atoms with Gasteiger partial charge in [0.15, 0.2) is 0 Å². The molecule has 0 bridgehead atoms. The van der Waals surface area contributed by atoms with E-state index < -0.39 is 5.54 Å². The fourth-order valence-corrected chi connectivity index (χ4v) is 7.46. The third-order valence-corrected chi connectivity index (χ3v) is 10.6. The van der Waals surface area contributed by atoms with E-state index in [2.05, 4.69) is 48.5 Å². The molecule has 2 aliphatic rings. The first-order chi connectivity index (χ1) is 23.3. The minimum atomic E-state index is -0.805. The molecule has 5 N–H and O–H groups in total. The molecule has 0 radical (unpaired) electrons. The third kappa shape index (κ3) is 13.5. The Kier molecular flexibility index (Phi) is 18.2. The summed E-state index contributed by atoms with van der Waals surface area (Å²) in [6.45, 7) is 1.87. The molecule has 0 saturated heterocycles. The number of benzene rings is 2. The van der Waals surface area contributed by atoms with E-state index in [4.69, 9.17) is 25.7 Å². The van der Waals surface area contributed by atoms with Gasteiger partial charge < -0.3 is 30.8 Å². The van der Waals surface area contributed by atoms with Crippen molar-refractivity contribution in [2.75, 3.05) is 41.2 Å². The quantitative estimate of drug-likeness (QED) is 0.0977. The number of hydrogen-bond acceptors (Lipinski definition) is 7. The van der Waals surface area contributed by atoms with Gasteiger partial charge in [0.05, 0.1) is 13.7 Å². The molecule has 0 spiro atoms. The molecule has 2 aliphatic carbocycles. The zero-order valence-electron chi connectivity index (χ0n) is 30.4. The molecule has 0 unspecified atom stereocenters. The van der Waals surface area contributed by atoms with Crippen molar-refractivity contribution >= 4 is 5.97 Å². The van der Waals surface area contributed by atoms with Crippen LogP contribution in [0.1, 0.15) is 137 Å². The van der Waals surface area contributed by atoms with Gasteiger partial charge in [-0.25, -0.2) is 0 Å². The van der Waals surface area contributed by atoms with Gasteiger partial charge >= 0.3 is 5.97 Å². The molecule has 2 fully saturated rings. The fraction of sp³-hybridized carbons (Fsp3) is 0.683. The van der Waals surface area contributed by atoms with Crippen molar-refractivity contribution in [1.29, 1.82) is 0 Å². The lowest BCUT2D eigenvalue weighted by atomic mass is 9.92. The van der Waals surface area contributed by atoms with Crippen molar-refractivity contribution in [1.82, 2.24) is 0 Å². The molecule has 0 aliphatic heterocycles. The summed E-state index contributed by atoms with van der Waals surface area (Å²) >= 11 is 0. The standard InChI is InChI=1S/C21H33NO3.C20H33NO2/c1-24-15-7-5-3-4-6-8-17-9-11-18(12-10-17)19-13-14-21(22,16-19)20(23)25-2;1-23-14-6-4-2-3-5-7-17-8-10-18(11-9-17)19-12-13-20(21,15-19)16-22/h9-12,19H,3-8,13-16,22H2,1-2H3;8-11,19,22H,2-7,12-16,21H2,1H3/t19-,21+;19-,20+/m00/s1. The van der Waals surface area contributed by atoms with Crippen molar-refractivity contribution < 1.29 is 24.1 Å². The highest BCUT2D eigenvalue weighted by Crippen LogP contribution is 2.41. The number of methoxy groups -OCH3 is 3. The summed E-state index contributed by atoms with van der Waals surface area (Å²) in [4.78, 5) is 11.8. The van der Waals surface area contributed by atoms with Crippen molar-refractivity contribution in [3.8, 4) is 0 Å². The molecule has 7 nitrogen and oxygen atoms in total. The van der Waals surface area contributed by atoms with Crippen molar-refractivity contribution in [2.24, 2.45) is 11.5 Å². The predicted octanol–water partition coefficient (Wildman–Crippen LogP) is 7.75. The van der Waals surface area contributed by atoms with Crippen LogP contribution >= 0.6 is 0 Å². The molecule has 48 heavy (non-hydrogen) atoms. The van der Waals surface area contributed by atoms with Crippen LogP contribution in [0.5, 0.6) is 0 Å². The Bertz CT molecular complexity index is 1160. The first-order valence-electron chi connectivity index (χ1n) is 18.7. The number of carbonyl (C=O) groups is 1. The number of aryl methyl sites for hydroxylation is 2. The van der Waals surface area contributed by atoms with Crippen LogP contribution in [0.15, 0.2) is 48.5 Å². The van der Waals surface area contributed by atoms with Gasteiger partial charge in [-0.1, -0.05) is 87.1 Å². The topological polar surface area (TPSA) is 117 Å². The van der Waals surface area contributed by atoms with Gasteiger partial charge in [0.2, 0.25) is 0 Å². The molecule has 0 aromatic heterocycles. The minimum absolute atomic E-state index is 0.103. The summed E-state index contributed by atoms with van der Waals surface area (Å²) < 4.78 is 15.0. The highest BCUT2D eigenvalue weighted by atomic mass is 16.5. The number of aliphatic hydroxyl groups excluding tert-OH is 1. The number of nitrogens with two attached hydrogens (primary N) is 2. The highest BCUT2D eigenvalue weighted by molar-refractivity contribution is 5.81. The zero-order valence-corrected chi connectivity index (χ0v) is 30.4. The van der Waals surface area contributed by atoms with Crippen LogP contribution < -0.4 is 11.5 Å². The van der Waals surface area contributed by atoms with E-state index in [0.29, 0.717) is 24.7 Å². The third-order valence-electron chi connectivity index (χ3n) is 10.6. The molecule has 270 valence electrons. The fourth-order valence-electron chi connectivity index (χ4n) is 7.46. The first kappa shape index (κ1) is 40.1. The summed E-state index contributed by atoms with van der Waals surface area (Å²) in [6.07, 6.45) is 20.2. The number of aliphatic hydroxyl groups is 1. The van der Waals surface area contributed by atoms with E-state index in [0.717, 1.165) is 45.3 Å². The number of ether oxygens (including phenoxy) is 3. The van der Waals surface area contributed by atoms with Crippen LogP contribution in [-0.2, 0) is 31.8 Å².